The molecule has 2 aromatic rings. The van der Waals surface area contributed by atoms with E-state index in [4.69, 9.17) is 9.31 Å². The molecule has 1 aromatic carbocycles. The molecule has 1 saturated heterocycles. The van der Waals surface area contributed by atoms with E-state index < -0.39 is 30.1 Å². The van der Waals surface area contributed by atoms with Gasteiger partial charge >= 0.3 is 13.1 Å². The summed E-state index contributed by atoms with van der Waals surface area (Å²) in [6.07, 6.45) is 1.80. The first kappa shape index (κ1) is 17.5. The number of carboxylic acids is 1. The molecule has 2 N–H and O–H groups in total. The van der Waals surface area contributed by atoms with Crippen LogP contribution in [-0.4, -0.2) is 34.4 Å². The molecule has 7 heteroatoms. The van der Waals surface area contributed by atoms with Crippen molar-refractivity contribution in [2.45, 2.75) is 51.1 Å². The maximum Gasteiger partial charge on any atom is 0.466 e. The van der Waals surface area contributed by atoms with E-state index in [0.717, 1.165) is 20.9 Å². The molecule has 1 fully saturated rings. The van der Waals surface area contributed by atoms with Crippen LogP contribution in [0.4, 0.5) is 0 Å². The van der Waals surface area contributed by atoms with Gasteiger partial charge in [0.2, 0.25) is 0 Å². The summed E-state index contributed by atoms with van der Waals surface area (Å²) in [6.45, 7) is 7.88. The van der Waals surface area contributed by atoms with Crippen molar-refractivity contribution in [1.82, 2.24) is 4.98 Å². The van der Waals surface area contributed by atoms with E-state index in [1.807, 2.05) is 52.1 Å². The second kappa shape index (κ2) is 5.90. The molecule has 1 atom stereocenters. The highest BCUT2D eigenvalue weighted by Gasteiger charge is 2.54. The van der Waals surface area contributed by atoms with Gasteiger partial charge < -0.3 is 19.4 Å². The van der Waals surface area contributed by atoms with Gasteiger partial charge in [0.25, 0.3) is 0 Å². The Morgan fingerprint density at radius 1 is 1.29 bits per heavy atom. The highest BCUT2D eigenvalue weighted by Crippen LogP contribution is 2.43. The summed E-state index contributed by atoms with van der Waals surface area (Å²) in [6, 6.07) is 5.90. The van der Waals surface area contributed by atoms with E-state index in [-0.39, 0.29) is 6.42 Å². The van der Waals surface area contributed by atoms with Crippen LogP contribution >= 0.6 is 15.9 Å². The number of aliphatic carboxylic acids is 1. The van der Waals surface area contributed by atoms with Crippen LogP contribution in [-0.2, 0) is 14.1 Å². The molecule has 0 spiro atoms. The van der Waals surface area contributed by atoms with Crippen LogP contribution in [0, 0.1) is 0 Å². The average molecular weight is 394 g/mol. The van der Waals surface area contributed by atoms with Gasteiger partial charge in [-0.25, -0.2) is 0 Å². The van der Waals surface area contributed by atoms with Gasteiger partial charge in [-0.05, 0) is 51.5 Å². The minimum absolute atomic E-state index is 0.0592. The number of hydrogen-bond donors (Lipinski definition) is 2. The maximum absolute atomic E-state index is 11.5. The number of carboxylic acid groups (broad SMARTS) is 1. The lowest BCUT2D eigenvalue weighted by Gasteiger charge is -2.32. The molecule has 5 nitrogen and oxygen atoms in total. The predicted molar refractivity (Wildman–Crippen MR) is 97.1 cm³/mol. The van der Waals surface area contributed by atoms with E-state index >= 15 is 0 Å². The van der Waals surface area contributed by atoms with Gasteiger partial charge in [-0.2, -0.15) is 0 Å². The fourth-order valence-electron chi connectivity index (χ4n) is 3.02. The van der Waals surface area contributed by atoms with Crippen LogP contribution in [0.15, 0.2) is 28.9 Å². The Labute approximate surface area is 150 Å². The molecule has 24 heavy (non-hydrogen) atoms. The first-order valence-electron chi connectivity index (χ1n) is 7.95. The van der Waals surface area contributed by atoms with Crippen molar-refractivity contribution in [3.63, 3.8) is 0 Å². The molecule has 3 rings (SSSR count). The van der Waals surface area contributed by atoms with Crippen molar-refractivity contribution in [1.29, 1.82) is 0 Å². The zero-order chi connectivity index (χ0) is 17.7. The fraction of sp³-hybridized carbons (Fsp3) is 0.471. The summed E-state index contributed by atoms with van der Waals surface area (Å²) in [4.78, 5) is 14.7. The van der Waals surface area contributed by atoms with E-state index in [1.54, 1.807) is 0 Å². The standard InChI is InChI=1S/C17H21BBrNO4/c1-16(2)17(3,4)24-18(23-16)13(8-15(21)22)12-9-20-14-6-5-10(19)7-11(12)14/h5-7,9,13,20H,8H2,1-4H3,(H,21,22). The average Bonchev–Trinajstić information content (AvgIpc) is 2.94. The molecule has 0 radical (unpaired) electrons. The Balaban J connectivity index is 2.04. The third-order valence-electron chi connectivity index (χ3n) is 5.07. The van der Waals surface area contributed by atoms with Crippen LogP contribution in [0.3, 0.4) is 0 Å². The minimum Gasteiger partial charge on any atom is -0.481 e. The smallest absolute Gasteiger partial charge is 0.466 e. The topological polar surface area (TPSA) is 71.5 Å². The number of aromatic amines is 1. The molecule has 0 bridgehead atoms. The number of H-pyrrole nitrogens is 1. The number of fused-ring (bicyclic) bond motifs is 1. The monoisotopic (exact) mass is 393 g/mol. The summed E-state index contributed by atoms with van der Waals surface area (Å²) >= 11 is 3.48. The summed E-state index contributed by atoms with van der Waals surface area (Å²) in [7, 11) is -0.607. The van der Waals surface area contributed by atoms with Crippen molar-refractivity contribution in [2.75, 3.05) is 0 Å². The SMILES string of the molecule is CC1(C)OB(C(CC(=O)O)c2c[nH]c3ccc(Br)cc23)OC1(C)C. The van der Waals surface area contributed by atoms with Crippen molar-refractivity contribution in [2.24, 2.45) is 0 Å². The van der Waals surface area contributed by atoms with Crippen molar-refractivity contribution < 1.29 is 19.2 Å². The predicted octanol–water partition coefficient (Wildman–Crippen LogP) is 4.12. The lowest BCUT2D eigenvalue weighted by atomic mass is 9.66. The van der Waals surface area contributed by atoms with Crippen LogP contribution in [0.1, 0.15) is 45.5 Å². The van der Waals surface area contributed by atoms with Gasteiger partial charge in [0.05, 0.1) is 17.6 Å². The molecule has 0 saturated carbocycles. The Morgan fingerprint density at radius 2 is 1.92 bits per heavy atom. The quantitative estimate of drug-likeness (QED) is 0.766. The van der Waals surface area contributed by atoms with Crippen LogP contribution < -0.4 is 0 Å². The third kappa shape index (κ3) is 3.00. The largest absolute Gasteiger partial charge is 0.481 e. The Morgan fingerprint density at radius 3 is 2.50 bits per heavy atom. The Kier molecular flexibility index (Phi) is 4.30. The number of carbonyl (C=O) groups is 1. The third-order valence-corrected chi connectivity index (χ3v) is 5.56. The molecule has 1 aliphatic heterocycles. The minimum atomic E-state index is -0.876. The molecule has 2 heterocycles. The van der Waals surface area contributed by atoms with Gasteiger partial charge in [0.1, 0.15) is 0 Å². The highest BCUT2D eigenvalue weighted by atomic mass is 79.9. The first-order valence-corrected chi connectivity index (χ1v) is 8.74. The van der Waals surface area contributed by atoms with Gasteiger partial charge in [0.15, 0.2) is 0 Å². The Hall–Kier alpha value is -1.31. The van der Waals surface area contributed by atoms with Crippen molar-refractivity contribution >= 4 is 39.9 Å². The van der Waals surface area contributed by atoms with Gasteiger partial charge in [-0.15, -0.1) is 0 Å². The molecule has 0 amide bonds. The summed E-state index contributed by atoms with van der Waals surface area (Å²) in [5.74, 6) is -1.27. The van der Waals surface area contributed by atoms with Crippen molar-refractivity contribution in [3.05, 3.63) is 34.4 Å². The van der Waals surface area contributed by atoms with Gasteiger partial charge in [-0.3, -0.25) is 4.79 Å². The lowest BCUT2D eigenvalue weighted by Crippen LogP contribution is -2.41. The number of halogens is 1. The van der Waals surface area contributed by atoms with Crippen LogP contribution in [0.2, 0.25) is 0 Å². The number of rotatable bonds is 4. The lowest BCUT2D eigenvalue weighted by molar-refractivity contribution is -0.137. The van der Waals surface area contributed by atoms with E-state index in [1.165, 1.54) is 0 Å². The number of hydrogen-bond acceptors (Lipinski definition) is 3. The first-order chi connectivity index (χ1) is 11.1. The zero-order valence-corrected chi connectivity index (χ0v) is 15.8. The highest BCUT2D eigenvalue weighted by molar-refractivity contribution is 9.10. The molecule has 0 aliphatic carbocycles. The van der Waals surface area contributed by atoms with E-state index in [2.05, 4.69) is 20.9 Å². The second-order valence-corrected chi connectivity index (χ2v) is 8.18. The van der Waals surface area contributed by atoms with Crippen LogP contribution in [0.5, 0.6) is 0 Å². The van der Waals surface area contributed by atoms with E-state index in [9.17, 15) is 9.90 Å². The fourth-order valence-corrected chi connectivity index (χ4v) is 3.38. The number of nitrogens with one attached hydrogen (secondary N) is 1. The molecule has 1 aromatic heterocycles. The zero-order valence-electron chi connectivity index (χ0n) is 14.2. The van der Waals surface area contributed by atoms with Gasteiger partial charge in [0, 0.05) is 27.4 Å². The van der Waals surface area contributed by atoms with Gasteiger partial charge in [-0.1, -0.05) is 15.9 Å². The molecular formula is C17H21BBrNO4. The molecule has 1 aliphatic rings. The molecular weight excluding hydrogens is 373 g/mol. The Bertz CT molecular complexity index is 770. The molecule has 1 unspecified atom stereocenters. The van der Waals surface area contributed by atoms with Crippen LogP contribution in [0.25, 0.3) is 10.9 Å². The van der Waals surface area contributed by atoms with Crippen molar-refractivity contribution in [3.8, 4) is 0 Å². The normalized spacial score (nSPS) is 20.5. The maximum atomic E-state index is 11.5. The van der Waals surface area contributed by atoms with E-state index in [0.29, 0.717) is 0 Å². The number of aromatic nitrogens is 1. The summed E-state index contributed by atoms with van der Waals surface area (Å²) in [5, 5.41) is 10.4. The summed E-state index contributed by atoms with van der Waals surface area (Å²) < 4.78 is 13.2. The number of benzene rings is 1. The second-order valence-electron chi connectivity index (χ2n) is 7.26. The summed E-state index contributed by atoms with van der Waals surface area (Å²) in [5.41, 5.74) is 0.856. The molecule has 128 valence electrons.